The maximum Gasteiger partial charge on any atom is 0.191 e. The molecule has 2 heterocycles. The molecule has 1 aliphatic rings. The average Bonchev–Trinajstić information content (AvgIpc) is 3.32. The van der Waals surface area contributed by atoms with Crippen LogP contribution in [0.2, 0.25) is 0 Å². The Kier molecular flexibility index (Phi) is 9.27. The first-order chi connectivity index (χ1) is 14.4. The van der Waals surface area contributed by atoms with Gasteiger partial charge in [-0.3, -0.25) is 9.67 Å². The highest BCUT2D eigenvalue weighted by atomic mass is 127. The lowest BCUT2D eigenvalue weighted by Crippen LogP contribution is -2.45. The molecule has 2 N–H and O–H groups in total. The first-order valence-corrected chi connectivity index (χ1v) is 10.4. The van der Waals surface area contributed by atoms with Crippen LogP contribution in [0.3, 0.4) is 0 Å². The van der Waals surface area contributed by atoms with E-state index in [2.05, 4.69) is 51.6 Å². The maximum absolute atomic E-state index is 5.41. The van der Waals surface area contributed by atoms with Crippen molar-refractivity contribution >= 4 is 35.6 Å². The molecule has 2 aromatic rings. The summed E-state index contributed by atoms with van der Waals surface area (Å²) < 4.78 is 12.8. The zero-order valence-electron chi connectivity index (χ0n) is 19.4. The lowest BCUT2D eigenvalue weighted by atomic mass is 10.1. The molecule has 1 unspecified atom stereocenters. The molecule has 1 atom stereocenters. The molecule has 0 spiro atoms. The van der Waals surface area contributed by atoms with Crippen molar-refractivity contribution < 1.29 is 9.47 Å². The van der Waals surface area contributed by atoms with Gasteiger partial charge in [0.05, 0.1) is 19.9 Å². The molecule has 1 saturated heterocycles. The van der Waals surface area contributed by atoms with Crippen LogP contribution in [-0.2, 0) is 13.5 Å². The number of methoxy groups -OCH3 is 2. The van der Waals surface area contributed by atoms with Gasteiger partial charge in [-0.1, -0.05) is 0 Å². The first kappa shape index (κ1) is 25.1. The number of benzene rings is 1. The molecule has 3 rings (SSSR count). The fourth-order valence-electron chi connectivity index (χ4n) is 3.96. The number of ether oxygens (including phenoxy) is 2. The Labute approximate surface area is 202 Å². The van der Waals surface area contributed by atoms with Crippen molar-refractivity contribution in [2.75, 3.05) is 45.8 Å². The van der Waals surface area contributed by atoms with Gasteiger partial charge in [0, 0.05) is 69.4 Å². The van der Waals surface area contributed by atoms with Crippen LogP contribution in [-0.4, -0.2) is 62.7 Å². The number of nitrogens with one attached hydrogen (secondary N) is 2. The topological polar surface area (TPSA) is 75.9 Å². The predicted molar refractivity (Wildman–Crippen MR) is 136 cm³/mol. The van der Waals surface area contributed by atoms with Crippen LogP contribution in [0, 0.1) is 13.8 Å². The van der Waals surface area contributed by atoms with E-state index in [9.17, 15) is 0 Å². The van der Waals surface area contributed by atoms with Crippen molar-refractivity contribution in [2.45, 2.75) is 32.7 Å². The Bertz CT molecular complexity index is 876. The van der Waals surface area contributed by atoms with Crippen molar-refractivity contribution in [2.24, 2.45) is 12.0 Å². The van der Waals surface area contributed by atoms with Gasteiger partial charge in [-0.25, -0.2) is 0 Å². The minimum absolute atomic E-state index is 0. The van der Waals surface area contributed by atoms with Gasteiger partial charge in [0.2, 0.25) is 0 Å². The van der Waals surface area contributed by atoms with E-state index in [4.69, 9.17) is 9.47 Å². The second-order valence-electron chi connectivity index (χ2n) is 7.67. The van der Waals surface area contributed by atoms with Gasteiger partial charge in [-0.2, -0.15) is 5.10 Å². The molecule has 1 aromatic heterocycles. The van der Waals surface area contributed by atoms with E-state index >= 15 is 0 Å². The summed E-state index contributed by atoms with van der Waals surface area (Å²) in [6, 6.07) is 6.33. The molecule has 1 fully saturated rings. The Hall–Kier alpha value is -2.17. The zero-order valence-corrected chi connectivity index (χ0v) is 21.7. The number of aliphatic imine (C=N–C) groups is 1. The second-order valence-corrected chi connectivity index (χ2v) is 7.67. The lowest BCUT2D eigenvalue weighted by molar-refractivity contribution is 0.394. The van der Waals surface area contributed by atoms with E-state index < -0.39 is 0 Å². The van der Waals surface area contributed by atoms with Crippen LogP contribution in [0.4, 0.5) is 5.69 Å². The van der Waals surface area contributed by atoms with Crippen LogP contribution in [0.25, 0.3) is 0 Å². The molecule has 31 heavy (non-hydrogen) atoms. The summed E-state index contributed by atoms with van der Waals surface area (Å²) in [5.41, 5.74) is 4.73. The minimum atomic E-state index is 0. The summed E-state index contributed by atoms with van der Waals surface area (Å²) in [6.07, 6.45) is 1.97. The van der Waals surface area contributed by atoms with Gasteiger partial charge < -0.3 is 25.0 Å². The molecule has 0 bridgehead atoms. The van der Waals surface area contributed by atoms with Crippen LogP contribution >= 0.6 is 24.0 Å². The lowest BCUT2D eigenvalue weighted by Gasteiger charge is -2.21. The van der Waals surface area contributed by atoms with E-state index in [-0.39, 0.29) is 24.0 Å². The van der Waals surface area contributed by atoms with E-state index in [1.807, 2.05) is 24.8 Å². The van der Waals surface area contributed by atoms with E-state index in [0.717, 1.165) is 61.3 Å². The minimum Gasteiger partial charge on any atom is -0.497 e. The SMILES string of the molecule is CN=C(NCCc1c(C)nn(C)c1C)NC1CCN(c2cc(OC)cc(OC)c2)C1.I. The van der Waals surface area contributed by atoms with Gasteiger partial charge in [0.1, 0.15) is 11.5 Å². The van der Waals surface area contributed by atoms with Crippen molar-refractivity contribution in [1.82, 2.24) is 20.4 Å². The standard InChI is InChI=1S/C22H34N6O2.HI/c1-15-21(16(2)27(4)26-15)7-9-24-22(23-3)25-17-8-10-28(14-17)18-11-19(29-5)13-20(12-18)30-6;/h11-13,17H,7-10,14H2,1-6H3,(H2,23,24,25);1H. The number of anilines is 1. The van der Waals surface area contributed by atoms with Crippen LogP contribution < -0.4 is 25.0 Å². The molecular weight excluding hydrogens is 507 g/mol. The number of guanidine groups is 1. The maximum atomic E-state index is 5.41. The molecule has 0 radical (unpaired) electrons. The van der Waals surface area contributed by atoms with Crippen molar-refractivity contribution in [1.29, 1.82) is 0 Å². The molecule has 1 aromatic carbocycles. The number of nitrogens with zero attached hydrogens (tertiary/aromatic N) is 4. The molecule has 0 saturated carbocycles. The summed E-state index contributed by atoms with van der Waals surface area (Å²) in [4.78, 5) is 6.75. The summed E-state index contributed by atoms with van der Waals surface area (Å²) in [5, 5.41) is 11.5. The Morgan fingerprint density at radius 1 is 1.19 bits per heavy atom. The Morgan fingerprint density at radius 3 is 2.42 bits per heavy atom. The third-order valence-corrected chi connectivity index (χ3v) is 5.78. The molecule has 172 valence electrons. The first-order valence-electron chi connectivity index (χ1n) is 10.4. The van der Waals surface area contributed by atoms with Gasteiger partial charge >= 0.3 is 0 Å². The molecule has 8 nitrogen and oxygen atoms in total. The third-order valence-electron chi connectivity index (χ3n) is 5.78. The molecule has 1 aliphatic heterocycles. The number of hydrogen-bond acceptors (Lipinski definition) is 5. The van der Waals surface area contributed by atoms with Crippen molar-refractivity contribution in [3.63, 3.8) is 0 Å². The Morgan fingerprint density at radius 2 is 1.87 bits per heavy atom. The molecule has 0 aliphatic carbocycles. The van der Waals surface area contributed by atoms with E-state index in [1.165, 1.54) is 11.3 Å². The van der Waals surface area contributed by atoms with Crippen molar-refractivity contribution in [3.05, 3.63) is 35.2 Å². The summed E-state index contributed by atoms with van der Waals surface area (Å²) in [5.74, 6) is 2.45. The second kappa shape index (κ2) is 11.4. The number of halogens is 1. The van der Waals surface area contributed by atoms with Crippen LogP contribution in [0.15, 0.2) is 23.2 Å². The van der Waals surface area contributed by atoms with Crippen LogP contribution in [0.5, 0.6) is 11.5 Å². The number of hydrogen-bond donors (Lipinski definition) is 2. The highest BCUT2D eigenvalue weighted by Gasteiger charge is 2.24. The summed E-state index contributed by atoms with van der Waals surface area (Å²) in [6.45, 7) is 6.87. The van der Waals surface area contributed by atoms with Gasteiger partial charge in [0.25, 0.3) is 0 Å². The fourth-order valence-corrected chi connectivity index (χ4v) is 3.96. The Balaban J connectivity index is 0.00000341. The molecule has 0 amide bonds. The quantitative estimate of drug-likeness (QED) is 0.319. The third kappa shape index (κ3) is 6.18. The highest BCUT2D eigenvalue weighted by molar-refractivity contribution is 14.0. The van der Waals surface area contributed by atoms with Gasteiger partial charge in [0.15, 0.2) is 5.96 Å². The number of rotatable bonds is 7. The summed E-state index contributed by atoms with van der Waals surface area (Å²) in [7, 11) is 7.16. The number of aryl methyl sites for hydroxylation is 2. The van der Waals surface area contributed by atoms with Crippen molar-refractivity contribution in [3.8, 4) is 11.5 Å². The summed E-state index contributed by atoms with van der Waals surface area (Å²) >= 11 is 0. The molecular formula is C22H35IN6O2. The van der Waals surface area contributed by atoms with Gasteiger partial charge in [-0.15, -0.1) is 24.0 Å². The normalized spacial score (nSPS) is 16.1. The molecule has 9 heteroatoms. The fraction of sp³-hybridized carbons (Fsp3) is 0.545. The highest BCUT2D eigenvalue weighted by Crippen LogP contribution is 2.30. The monoisotopic (exact) mass is 542 g/mol. The average molecular weight is 542 g/mol. The largest absolute Gasteiger partial charge is 0.497 e. The number of aromatic nitrogens is 2. The van der Waals surface area contributed by atoms with Crippen LogP contribution in [0.1, 0.15) is 23.4 Å². The van der Waals surface area contributed by atoms with E-state index in [1.54, 1.807) is 14.2 Å². The van der Waals surface area contributed by atoms with Gasteiger partial charge in [-0.05, 0) is 32.3 Å². The smallest absolute Gasteiger partial charge is 0.191 e. The van der Waals surface area contributed by atoms with E-state index in [0.29, 0.717) is 6.04 Å². The predicted octanol–water partition coefficient (Wildman–Crippen LogP) is 2.66. The zero-order chi connectivity index (χ0) is 21.7.